The third-order valence-electron chi connectivity index (χ3n) is 2.56. The fourth-order valence-corrected chi connectivity index (χ4v) is 1.94. The molecule has 1 heteroatoms. The third-order valence-corrected chi connectivity index (χ3v) is 2.56. The van der Waals surface area contributed by atoms with E-state index in [-0.39, 0.29) is 0 Å². The van der Waals surface area contributed by atoms with Crippen LogP contribution in [-0.4, -0.2) is 17.5 Å². The van der Waals surface area contributed by atoms with Crippen LogP contribution >= 0.6 is 0 Å². The number of fused-ring (bicyclic) bond motifs is 1. The summed E-state index contributed by atoms with van der Waals surface area (Å²) in [6.07, 6.45) is 9.00. The quantitative estimate of drug-likeness (QED) is 0.522. The van der Waals surface area contributed by atoms with Crippen LogP contribution in [0.5, 0.6) is 0 Å². The number of nitrogens with zero attached hydrogens (tertiary/aromatic N) is 1. The van der Waals surface area contributed by atoms with E-state index in [4.69, 9.17) is 0 Å². The van der Waals surface area contributed by atoms with Crippen molar-refractivity contribution in [3.63, 3.8) is 0 Å². The van der Waals surface area contributed by atoms with Gasteiger partial charge in [0, 0.05) is 18.5 Å². The molecule has 1 saturated heterocycles. The van der Waals surface area contributed by atoms with Crippen molar-refractivity contribution in [1.29, 1.82) is 0 Å². The van der Waals surface area contributed by atoms with Crippen LogP contribution in [0, 0.1) is 5.92 Å². The molecule has 0 aromatic rings. The predicted octanol–water partition coefficient (Wildman–Crippen LogP) is 1.78. The Hall–Kier alpha value is -0.720. The van der Waals surface area contributed by atoms with Gasteiger partial charge in [-0.25, -0.2) is 0 Å². The summed E-state index contributed by atoms with van der Waals surface area (Å²) in [5.74, 6) is 0.896. The molecule has 2 unspecified atom stereocenters. The van der Waals surface area contributed by atoms with Gasteiger partial charge >= 0.3 is 0 Å². The Morgan fingerprint density at radius 3 is 3.30 bits per heavy atom. The lowest BCUT2D eigenvalue weighted by molar-refractivity contribution is 0.0832. The van der Waals surface area contributed by atoms with Crippen molar-refractivity contribution >= 4 is 0 Å². The van der Waals surface area contributed by atoms with Gasteiger partial charge in [-0.3, -0.25) is 0 Å². The third kappa shape index (κ3) is 0.698. The molecule has 2 rings (SSSR count). The normalized spacial score (nSPS) is 35.4. The first-order chi connectivity index (χ1) is 4.92. The zero-order valence-electron chi connectivity index (χ0n) is 6.16. The number of rotatable bonds is 2. The van der Waals surface area contributed by atoms with E-state index in [0.29, 0.717) is 0 Å². The van der Waals surface area contributed by atoms with Crippen molar-refractivity contribution in [3.05, 3.63) is 24.9 Å². The molecule has 0 amide bonds. The maximum atomic E-state index is 3.76. The molecule has 54 valence electrons. The van der Waals surface area contributed by atoms with Crippen LogP contribution in [0.1, 0.15) is 12.8 Å². The molecule has 2 aliphatic rings. The Labute approximate surface area is 62.0 Å². The molecule has 0 aliphatic carbocycles. The summed E-state index contributed by atoms with van der Waals surface area (Å²) in [4.78, 5) is 2.42. The standard InChI is InChI=1S/C9H13N/c1-2-4-8-7-10-6-3-5-9(8)10/h2-3,6,8-9H,1,4-5,7H2. The lowest BCUT2D eigenvalue weighted by Gasteiger charge is -2.44. The number of allylic oxidation sites excluding steroid dienone is 1. The summed E-state index contributed by atoms with van der Waals surface area (Å²) in [5.41, 5.74) is 0. The second-order valence-electron chi connectivity index (χ2n) is 3.17. The highest BCUT2D eigenvalue weighted by Crippen LogP contribution is 2.34. The summed E-state index contributed by atoms with van der Waals surface area (Å²) in [5, 5.41) is 0. The minimum absolute atomic E-state index is 0.831. The molecule has 0 saturated carbocycles. The van der Waals surface area contributed by atoms with Crippen molar-refractivity contribution < 1.29 is 0 Å². The summed E-state index contributed by atoms with van der Waals surface area (Å²) in [6, 6.07) is 0.831. The topological polar surface area (TPSA) is 3.24 Å². The van der Waals surface area contributed by atoms with Gasteiger partial charge in [-0.1, -0.05) is 12.2 Å². The minimum Gasteiger partial charge on any atom is -0.374 e. The molecule has 10 heavy (non-hydrogen) atoms. The van der Waals surface area contributed by atoms with E-state index in [1.807, 2.05) is 6.08 Å². The summed E-state index contributed by atoms with van der Waals surface area (Å²) >= 11 is 0. The van der Waals surface area contributed by atoms with Gasteiger partial charge in [0.1, 0.15) is 0 Å². The summed E-state index contributed by atoms with van der Waals surface area (Å²) in [6.45, 7) is 5.01. The van der Waals surface area contributed by atoms with Gasteiger partial charge in [-0.05, 0) is 19.0 Å². The highest BCUT2D eigenvalue weighted by molar-refractivity contribution is 5.08. The summed E-state index contributed by atoms with van der Waals surface area (Å²) in [7, 11) is 0. The van der Waals surface area contributed by atoms with E-state index >= 15 is 0 Å². The highest BCUT2D eigenvalue weighted by Gasteiger charge is 2.37. The molecule has 1 fully saturated rings. The largest absolute Gasteiger partial charge is 0.374 e. The molecule has 0 radical (unpaired) electrons. The fourth-order valence-electron chi connectivity index (χ4n) is 1.94. The molecular formula is C9H13N. The molecule has 0 N–H and O–H groups in total. The Morgan fingerprint density at radius 2 is 2.60 bits per heavy atom. The molecule has 0 aromatic heterocycles. The zero-order valence-corrected chi connectivity index (χ0v) is 6.16. The van der Waals surface area contributed by atoms with E-state index in [9.17, 15) is 0 Å². The van der Waals surface area contributed by atoms with Crippen LogP contribution in [0.3, 0.4) is 0 Å². The maximum Gasteiger partial charge on any atom is 0.0367 e. The fraction of sp³-hybridized carbons (Fsp3) is 0.556. The smallest absolute Gasteiger partial charge is 0.0367 e. The van der Waals surface area contributed by atoms with Crippen molar-refractivity contribution in [2.45, 2.75) is 18.9 Å². The van der Waals surface area contributed by atoms with Crippen molar-refractivity contribution in [2.24, 2.45) is 5.92 Å². The van der Waals surface area contributed by atoms with Gasteiger partial charge in [0.25, 0.3) is 0 Å². The van der Waals surface area contributed by atoms with Gasteiger partial charge in [0.2, 0.25) is 0 Å². The van der Waals surface area contributed by atoms with Crippen LogP contribution in [0.2, 0.25) is 0 Å². The average Bonchev–Trinajstić information content (AvgIpc) is 2.26. The van der Waals surface area contributed by atoms with E-state index in [1.54, 1.807) is 0 Å². The highest BCUT2D eigenvalue weighted by atomic mass is 15.2. The van der Waals surface area contributed by atoms with Crippen LogP contribution in [0.25, 0.3) is 0 Å². The molecule has 1 nitrogen and oxygen atoms in total. The molecule has 0 aromatic carbocycles. The van der Waals surface area contributed by atoms with E-state index in [0.717, 1.165) is 12.0 Å². The molecule has 2 heterocycles. The molecular weight excluding hydrogens is 122 g/mol. The van der Waals surface area contributed by atoms with E-state index in [2.05, 4.69) is 23.8 Å². The van der Waals surface area contributed by atoms with E-state index < -0.39 is 0 Å². The SMILES string of the molecule is C=CCC1CN2C=CCC12. The van der Waals surface area contributed by atoms with Crippen molar-refractivity contribution in [1.82, 2.24) is 4.90 Å². The molecule has 0 bridgehead atoms. The monoisotopic (exact) mass is 135 g/mol. The van der Waals surface area contributed by atoms with Crippen LogP contribution in [0.15, 0.2) is 24.9 Å². The Balaban J connectivity index is 1.91. The Kier molecular flexibility index (Phi) is 1.30. The van der Waals surface area contributed by atoms with Gasteiger partial charge in [-0.15, -0.1) is 6.58 Å². The van der Waals surface area contributed by atoms with Crippen molar-refractivity contribution in [3.8, 4) is 0 Å². The van der Waals surface area contributed by atoms with Crippen molar-refractivity contribution in [2.75, 3.05) is 6.54 Å². The Bertz CT molecular complexity index is 172. The minimum atomic E-state index is 0.831. The van der Waals surface area contributed by atoms with Gasteiger partial charge < -0.3 is 4.90 Å². The molecule has 2 atom stereocenters. The Morgan fingerprint density at radius 1 is 1.70 bits per heavy atom. The molecule has 2 aliphatic heterocycles. The molecule has 0 spiro atoms. The van der Waals surface area contributed by atoms with Gasteiger partial charge in [-0.2, -0.15) is 0 Å². The van der Waals surface area contributed by atoms with Gasteiger partial charge in [0.15, 0.2) is 0 Å². The van der Waals surface area contributed by atoms with E-state index in [1.165, 1.54) is 19.4 Å². The second kappa shape index (κ2) is 2.15. The first-order valence-corrected chi connectivity index (χ1v) is 3.95. The summed E-state index contributed by atoms with van der Waals surface area (Å²) < 4.78 is 0. The maximum absolute atomic E-state index is 3.76. The van der Waals surface area contributed by atoms with Crippen LogP contribution in [-0.2, 0) is 0 Å². The lowest BCUT2D eigenvalue weighted by atomic mass is 9.86. The zero-order chi connectivity index (χ0) is 6.97. The first-order valence-electron chi connectivity index (χ1n) is 3.95. The first kappa shape index (κ1) is 6.02. The average molecular weight is 135 g/mol. The predicted molar refractivity (Wildman–Crippen MR) is 42.6 cm³/mol. The number of hydrogen-bond donors (Lipinski definition) is 0. The van der Waals surface area contributed by atoms with Crippen LogP contribution in [0.4, 0.5) is 0 Å². The lowest BCUT2D eigenvalue weighted by Crippen LogP contribution is -2.50. The second-order valence-corrected chi connectivity index (χ2v) is 3.17. The van der Waals surface area contributed by atoms with Crippen LogP contribution < -0.4 is 0 Å². The van der Waals surface area contributed by atoms with Gasteiger partial charge in [0.05, 0.1) is 0 Å². The number of hydrogen-bond acceptors (Lipinski definition) is 1.